The molecule has 0 aliphatic carbocycles. The molecule has 154 valence electrons. The zero-order chi connectivity index (χ0) is 21.0. The van der Waals surface area contributed by atoms with E-state index in [-0.39, 0.29) is 6.79 Å². The van der Waals surface area contributed by atoms with E-state index >= 15 is 0 Å². The summed E-state index contributed by atoms with van der Waals surface area (Å²) in [5, 5.41) is 0.597. The summed E-state index contributed by atoms with van der Waals surface area (Å²) in [4.78, 5) is 15.4. The summed E-state index contributed by atoms with van der Waals surface area (Å²) in [7, 11) is 7.66. The highest BCUT2D eigenvalue weighted by Crippen LogP contribution is 2.45. The topological polar surface area (TPSA) is 88.2 Å². The van der Waals surface area contributed by atoms with E-state index in [0.29, 0.717) is 56.5 Å². The number of hydrogen-bond acceptors (Lipinski definition) is 7. The second kappa shape index (κ2) is 8.74. The van der Waals surface area contributed by atoms with Crippen LogP contribution in [0.1, 0.15) is 10.4 Å². The Balaban J connectivity index is 2.30. The Morgan fingerprint density at radius 2 is 1.52 bits per heavy atom. The Hall–Kier alpha value is -3.39. The number of aromatic nitrogens is 1. The van der Waals surface area contributed by atoms with Crippen LogP contribution in [0.4, 0.5) is 0 Å². The van der Waals surface area contributed by atoms with Gasteiger partial charge in [-0.15, -0.1) is 0 Å². The summed E-state index contributed by atoms with van der Waals surface area (Å²) in [5.41, 5.74) is 2.40. The summed E-state index contributed by atoms with van der Waals surface area (Å²) in [6, 6.07) is 7.12. The third kappa shape index (κ3) is 3.54. The molecule has 0 fully saturated rings. The van der Waals surface area contributed by atoms with Crippen LogP contribution in [0.25, 0.3) is 22.2 Å². The van der Waals surface area contributed by atoms with Crippen molar-refractivity contribution >= 4 is 17.2 Å². The van der Waals surface area contributed by atoms with Gasteiger partial charge in [-0.2, -0.15) is 0 Å². The van der Waals surface area contributed by atoms with Crippen LogP contribution in [0.3, 0.4) is 0 Å². The molecule has 1 aromatic heterocycles. The number of ether oxygens (including phenoxy) is 6. The Bertz CT molecular complexity index is 1000. The maximum absolute atomic E-state index is 12.1. The molecule has 2 aromatic carbocycles. The van der Waals surface area contributed by atoms with Crippen molar-refractivity contribution in [1.82, 2.24) is 4.98 Å². The monoisotopic (exact) mass is 401 g/mol. The average Bonchev–Trinajstić information content (AvgIpc) is 3.15. The number of fused-ring (bicyclic) bond motifs is 1. The number of hydrogen-bond donors (Lipinski definition) is 1. The van der Waals surface area contributed by atoms with Crippen molar-refractivity contribution < 1.29 is 33.2 Å². The van der Waals surface area contributed by atoms with Crippen LogP contribution < -0.4 is 23.7 Å². The lowest BCUT2D eigenvalue weighted by Crippen LogP contribution is -2.01. The fourth-order valence-electron chi connectivity index (χ4n) is 3.25. The molecule has 0 bridgehead atoms. The van der Waals surface area contributed by atoms with E-state index in [4.69, 9.17) is 28.4 Å². The van der Waals surface area contributed by atoms with Crippen LogP contribution in [0.5, 0.6) is 28.7 Å². The maximum Gasteiger partial charge on any atom is 0.203 e. The zero-order valence-electron chi connectivity index (χ0n) is 17.0. The van der Waals surface area contributed by atoms with Crippen LogP contribution in [-0.4, -0.2) is 53.6 Å². The first-order valence-electron chi connectivity index (χ1n) is 8.73. The molecule has 1 N–H and O–H groups in total. The van der Waals surface area contributed by atoms with Crippen molar-refractivity contribution in [2.75, 3.05) is 42.3 Å². The first kappa shape index (κ1) is 20.3. The summed E-state index contributed by atoms with van der Waals surface area (Å²) >= 11 is 0. The average molecular weight is 401 g/mol. The predicted octanol–water partition coefficient (Wildman–Crippen LogP) is 3.66. The van der Waals surface area contributed by atoms with Crippen molar-refractivity contribution in [2.45, 2.75) is 0 Å². The summed E-state index contributed by atoms with van der Waals surface area (Å²) in [6.07, 6.45) is 0.774. The molecule has 0 amide bonds. The third-order valence-electron chi connectivity index (χ3n) is 4.53. The standard InChI is InChI=1S/C21H23NO7/c1-24-11-29-21-15(25-2)7-6-14-18(21)13(10-23)19(22-14)12-8-16(26-3)20(28-5)17(9-12)27-4/h6-10,22H,11H2,1-5H3. The predicted molar refractivity (Wildman–Crippen MR) is 108 cm³/mol. The van der Waals surface area contributed by atoms with Crippen LogP contribution >= 0.6 is 0 Å². The fourth-order valence-corrected chi connectivity index (χ4v) is 3.25. The molecule has 3 rings (SSSR count). The molecule has 0 aliphatic rings. The van der Waals surface area contributed by atoms with E-state index in [1.54, 1.807) is 18.2 Å². The van der Waals surface area contributed by atoms with Crippen LogP contribution in [0.15, 0.2) is 24.3 Å². The Morgan fingerprint density at radius 1 is 0.862 bits per heavy atom. The molecule has 1 heterocycles. The number of benzene rings is 2. The minimum atomic E-state index is 0.0124. The quantitative estimate of drug-likeness (QED) is 0.432. The molecule has 0 atom stereocenters. The van der Waals surface area contributed by atoms with Crippen LogP contribution in [0, 0.1) is 0 Å². The SMILES string of the molecule is COCOc1c(OC)ccc2[nH]c(-c3cc(OC)c(OC)c(OC)c3)c(C=O)c12. The van der Waals surface area contributed by atoms with Gasteiger partial charge in [0.1, 0.15) is 0 Å². The van der Waals surface area contributed by atoms with Gasteiger partial charge in [-0.05, 0) is 24.3 Å². The van der Waals surface area contributed by atoms with Crippen LogP contribution in [0.2, 0.25) is 0 Å². The van der Waals surface area contributed by atoms with Gasteiger partial charge < -0.3 is 33.4 Å². The van der Waals surface area contributed by atoms with Gasteiger partial charge in [0.25, 0.3) is 0 Å². The highest BCUT2D eigenvalue weighted by molar-refractivity contribution is 6.08. The molecule has 0 saturated heterocycles. The molecule has 0 unspecified atom stereocenters. The molecule has 0 saturated carbocycles. The first-order valence-corrected chi connectivity index (χ1v) is 8.73. The number of nitrogens with one attached hydrogen (secondary N) is 1. The lowest BCUT2D eigenvalue weighted by molar-refractivity contribution is 0.0503. The molecule has 0 spiro atoms. The number of aldehydes is 1. The Kier molecular flexibility index (Phi) is 6.13. The van der Waals surface area contributed by atoms with Crippen molar-refractivity contribution in [3.05, 3.63) is 29.8 Å². The van der Waals surface area contributed by atoms with Gasteiger partial charge in [-0.25, -0.2) is 0 Å². The normalized spacial score (nSPS) is 10.7. The van der Waals surface area contributed by atoms with E-state index in [0.717, 1.165) is 6.29 Å². The minimum absolute atomic E-state index is 0.0124. The molecular formula is C21H23NO7. The lowest BCUT2D eigenvalue weighted by atomic mass is 10.0. The Labute approximate surface area is 168 Å². The van der Waals surface area contributed by atoms with E-state index in [9.17, 15) is 4.79 Å². The number of methoxy groups -OCH3 is 5. The fraction of sp³-hybridized carbons (Fsp3) is 0.286. The number of aromatic amines is 1. The van der Waals surface area contributed by atoms with Gasteiger partial charge >= 0.3 is 0 Å². The van der Waals surface area contributed by atoms with Crippen molar-refractivity contribution in [1.29, 1.82) is 0 Å². The largest absolute Gasteiger partial charge is 0.493 e. The number of carbonyl (C=O) groups is 1. The van der Waals surface area contributed by atoms with Crippen molar-refractivity contribution in [3.8, 4) is 40.0 Å². The summed E-state index contributed by atoms with van der Waals surface area (Å²) in [5.74, 6) is 2.34. The molecule has 3 aromatic rings. The molecule has 0 radical (unpaired) electrons. The van der Waals surface area contributed by atoms with Gasteiger partial charge in [0, 0.05) is 12.7 Å². The highest BCUT2D eigenvalue weighted by atomic mass is 16.7. The molecular weight excluding hydrogens is 378 g/mol. The van der Waals surface area contributed by atoms with Gasteiger partial charge in [0.05, 0.1) is 50.6 Å². The highest BCUT2D eigenvalue weighted by Gasteiger charge is 2.22. The second-order valence-corrected chi connectivity index (χ2v) is 6.02. The molecule has 0 aliphatic heterocycles. The summed E-state index contributed by atoms with van der Waals surface area (Å²) < 4.78 is 32.4. The van der Waals surface area contributed by atoms with E-state index in [1.807, 2.05) is 6.07 Å². The first-order chi connectivity index (χ1) is 14.1. The maximum atomic E-state index is 12.1. The van der Waals surface area contributed by atoms with Gasteiger partial charge in [0.15, 0.2) is 36.1 Å². The number of H-pyrrole nitrogens is 1. The minimum Gasteiger partial charge on any atom is -0.493 e. The van der Waals surface area contributed by atoms with Gasteiger partial charge in [0.2, 0.25) is 5.75 Å². The zero-order valence-corrected chi connectivity index (χ0v) is 17.0. The Morgan fingerprint density at radius 3 is 2.03 bits per heavy atom. The van der Waals surface area contributed by atoms with Gasteiger partial charge in [-0.1, -0.05) is 0 Å². The van der Waals surface area contributed by atoms with Crippen molar-refractivity contribution in [2.24, 2.45) is 0 Å². The van der Waals surface area contributed by atoms with E-state index in [1.165, 1.54) is 35.5 Å². The third-order valence-corrected chi connectivity index (χ3v) is 4.53. The number of carbonyl (C=O) groups excluding carboxylic acids is 1. The molecule has 8 heteroatoms. The molecule has 8 nitrogen and oxygen atoms in total. The molecule has 29 heavy (non-hydrogen) atoms. The summed E-state index contributed by atoms with van der Waals surface area (Å²) in [6.45, 7) is 0.0124. The van der Waals surface area contributed by atoms with Crippen molar-refractivity contribution in [3.63, 3.8) is 0 Å². The smallest absolute Gasteiger partial charge is 0.203 e. The van der Waals surface area contributed by atoms with Gasteiger partial charge in [-0.3, -0.25) is 4.79 Å². The van der Waals surface area contributed by atoms with E-state index < -0.39 is 0 Å². The second-order valence-electron chi connectivity index (χ2n) is 6.02. The lowest BCUT2D eigenvalue weighted by Gasteiger charge is -2.14. The number of rotatable bonds is 9. The van der Waals surface area contributed by atoms with E-state index in [2.05, 4.69) is 4.98 Å². The van der Waals surface area contributed by atoms with Crippen LogP contribution in [-0.2, 0) is 4.74 Å².